The summed E-state index contributed by atoms with van der Waals surface area (Å²) in [5.41, 5.74) is 0. The van der Waals surface area contributed by atoms with Gasteiger partial charge in [0.1, 0.15) is 17.6 Å². The number of aromatic nitrogens is 1. The summed E-state index contributed by atoms with van der Waals surface area (Å²) in [5.74, 6) is 2.29. The van der Waals surface area contributed by atoms with Gasteiger partial charge in [-0.05, 0) is 44.5 Å². The minimum absolute atomic E-state index is 0.159. The van der Waals surface area contributed by atoms with E-state index in [1.54, 1.807) is 29.7 Å². The van der Waals surface area contributed by atoms with E-state index >= 15 is 0 Å². The molecule has 3 rings (SSSR count). The second-order valence-electron chi connectivity index (χ2n) is 5.59. The van der Waals surface area contributed by atoms with Gasteiger partial charge < -0.3 is 19.3 Å². The Labute approximate surface area is 139 Å². The second kappa shape index (κ2) is 7.12. The molecule has 0 aliphatic carbocycles. The highest BCUT2D eigenvalue weighted by Crippen LogP contribution is 2.27. The van der Waals surface area contributed by atoms with Gasteiger partial charge in [-0.1, -0.05) is 0 Å². The summed E-state index contributed by atoms with van der Waals surface area (Å²) in [6.45, 7) is 4.68. The normalized spacial score (nSPS) is 14.0. The fourth-order valence-electron chi connectivity index (χ4n) is 2.34. The standard InChI is InChI=1S/C17H20N2O3S/c1-11(8-14(20)15-4-3-7-21-15)18-9-13-10-19-17(23-13)16-6-5-12(2)22-16/h3-7,10-11,14,18,20H,8-9H2,1-2H3. The highest BCUT2D eigenvalue weighted by atomic mass is 32.1. The maximum absolute atomic E-state index is 10.1. The van der Waals surface area contributed by atoms with Crippen LogP contribution in [0.5, 0.6) is 0 Å². The van der Waals surface area contributed by atoms with Crippen LogP contribution in [0.4, 0.5) is 0 Å². The average Bonchev–Trinajstić information content (AvgIpc) is 3.26. The minimum atomic E-state index is -0.587. The van der Waals surface area contributed by atoms with Gasteiger partial charge in [-0.2, -0.15) is 0 Å². The molecule has 3 aromatic heterocycles. The maximum atomic E-state index is 10.1. The molecule has 2 atom stereocenters. The lowest BCUT2D eigenvalue weighted by molar-refractivity contribution is 0.128. The summed E-state index contributed by atoms with van der Waals surface area (Å²) < 4.78 is 10.8. The first-order valence-corrected chi connectivity index (χ1v) is 8.40. The summed E-state index contributed by atoms with van der Waals surface area (Å²) >= 11 is 1.61. The van der Waals surface area contributed by atoms with Gasteiger partial charge in [-0.25, -0.2) is 4.98 Å². The Morgan fingerprint density at radius 3 is 2.91 bits per heavy atom. The largest absolute Gasteiger partial charge is 0.467 e. The van der Waals surface area contributed by atoms with Gasteiger partial charge in [0.05, 0.1) is 6.26 Å². The summed E-state index contributed by atoms with van der Waals surface area (Å²) in [6, 6.07) is 7.61. The Morgan fingerprint density at radius 1 is 1.35 bits per heavy atom. The first-order valence-electron chi connectivity index (χ1n) is 7.58. The van der Waals surface area contributed by atoms with E-state index in [2.05, 4.69) is 10.3 Å². The molecule has 2 unspecified atom stereocenters. The molecule has 0 aliphatic rings. The number of hydrogen-bond acceptors (Lipinski definition) is 6. The lowest BCUT2D eigenvalue weighted by Gasteiger charge is -2.16. The number of nitrogens with one attached hydrogen (secondary N) is 1. The maximum Gasteiger partial charge on any atom is 0.162 e. The molecule has 6 heteroatoms. The minimum Gasteiger partial charge on any atom is -0.467 e. The van der Waals surface area contributed by atoms with Crippen LogP contribution in [0.2, 0.25) is 0 Å². The van der Waals surface area contributed by atoms with Crippen molar-refractivity contribution in [1.82, 2.24) is 10.3 Å². The highest BCUT2D eigenvalue weighted by molar-refractivity contribution is 7.14. The molecular formula is C17H20N2O3S. The first kappa shape index (κ1) is 16.0. The predicted octanol–water partition coefficient (Wildman–Crippen LogP) is 3.91. The zero-order valence-electron chi connectivity index (χ0n) is 13.2. The quantitative estimate of drug-likeness (QED) is 0.686. The molecule has 3 aromatic rings. The van der Waals surface area contributed by atoms with E-state index in [0.717, 1.165) is 21.4 Å². The van der Waals surface area contributed by atoms with Gasteiger partial charge in [0.2, 0.25) is 0 Å². The number of aliphatic hydroxyl groups excluding tert-OH is 1. The van der Waals surface area contributed by atoms with Crippen LogP contribution in [0.15, 0.2) is 45.6 Å². The van der Waals surface area contributed by atoms with Crippen molar-refractivity contribution in [2.45, 2.75) is 39.0 Å². The van der Waals surface area contributed by atoms with E-state index in [1.807, 2.05) is 32.2 Å². The molecule has 0 saturated heterocycles. The molecule has 122 valence electrons. The summed E-state index contributed by atoms with van der Waals surface area (Å²) in [5, 5.41) is 14.4. The third kappa shape index (κ3) is 4.10. The van der Waals surface area contributed by atoms with Crippen molar-refractivity contribution in [1.29, 1.82) is 0 Å². The fraction of sp³-hybridized carbons (Fsp3) is 0.353. The predicted molar refractivity (Wildman–Crippen MR) is 89.1 cm³/mol. The molecule has 2 N–H and O–H groups in total. The summed E-state index contributed by atoms with van der Waals surface area (Å²) in [4.78, 5) is 5.53. The Hall–Kier alpha value is -1.89. The molecule has 0 spiro atoms. The van der Waals surface area contributed by atoms with Crippen molar-refractivity contribution < 1.29 is 13.9 Å². The molecule has 23 heavy (non-hydrogen) atoms. The fourth-order valence-corrected chi connectivity index (χ4v) is 3.17. The molecule has 0 amide bonds. The second-order valence-corrected chi connectivity index (χ2v) is 6.71. The van der Waals surface area contributed by atoms with Crippen molar-refractivity contribution in [2.75, 3.05) is 0 Å². The number of aliphatic hydroxyl groups is 1. The molecule has 0 radical (unpaired) electrons. The Balaban J connectivity index is 1.51. The summed E-state index contributed by atoms with van der Waals surface area (Å²) in [7, 11) is 0. The van der Waals surface area contributed by atoms with Crippen LogP contribution in [-0.4, -0.2) is 16.1 Å². The smallest absolute Gasteiger partial charge is 0.162 e. The van der Waals surface area contributed by atoms with Crippen LogP contribution in [0.3, 0.4) is 0 Å². The molecule has 0 fully saturated rings. The zero-order chi connectivity index (χ0) is 16.2. The van der Waals surface area contributed by atoms with Crippen molar-refractivity contribution in [3.8, 4) is 10.8 Å². The molecular weight excluding hydrogens is 312 g/mol. The zero-order valence-corrected chi connectivity index (χ0v) is 14.0. The van der Waals surface area contributed by atoms with Gasteiger partial charge in [0.15, 0.2) is 10.8 Å². The number of hydrogen-bond donors (Lipinski definition) is 2. The number of furan rings is 2. The van der Waals surface area contributed by atoms with Crippen LogP contribution >= 0.6 is 11.3 Å². The van der Waals surface area contributed by atoms with Crippen LogP contribution < -0.4 is 5.32 Å². The van der Waals surface area contributed by atoms with Crippen LogP contribution in [0.25, 0.3) is 10.8 Å². The van der Waals surface area contributed by atoms with E-state index in [0.29, 0.717) is 18.7 Å². The van der Waals surface area contributed by atoms with Gasteiger partial charge in [0, 0.05) is 23.7 Å². The van der Waals surface area contributed by atoms with Crippen molar-refractivity contribution >= 4 is 11.3 Å². The molecule has 0 saturated carbocycles. The third-order valence-corrected chi connectivity index (χ3v) is 4.59. The molecule has 0 aromatic carbocycles. The van der Waals surface area contributed by atoms with E-state index in [4.69, 9.17) is 8.83 Å². The van der Waals surface area contributed by atoms with Gasteiger partial charge >= 0.3 is 0 Å². The summed E-state index contributed by atoms with van der Waals surface area (Å²) in [6.07, 6.45) is 3.44. The van der Waals surface area contributed by atoms with E-state index in [9.17, 15) is 5.11 Å². The lowest BCUT2D eigenvalue weighted by atomic mass is 10.1. The SMILES string of the molecule is Cc1ccc(-c2ncc(CNC(C)CC(O)c3ccco3)s2)o1. The van der Waals surface area contributed by atoms with Crippen LogP contribution in [-0.2, 0) is 6.54 Å². The topological polar surface area (TPSA) is 71.4 Å². The van der Waals surface area contributed by atoms with E-state index in [1.165, 1.54) is 0 Å². The molecule has 0 aliphatic heterocycles. The molecule has 3 heterocycles. The first-order chi connectivity index (χ1) is 11.1. The third-order valence-electron chi connectivity index (χ3n) is 3.58. The van der Waals surface area contributed by atoms with Crippen molar-refractivity contribution in [2.24, 2.45) is 0 Å². The molecule has 0 bridgehead atoms. The number of thiazole rings is 1. The number of rotatable bonds is 7. The van der Waals surface area contributed by atoms with Gasteiger partial charge in [0.25, 0.3) is 0 Å². The van der Waals surface area contributed by atoms with Gasteiger partial charge in [-0.3, -0.25) is 0 Å². The number of nitrogens with zero attached hydrogens (tertiary/aromatic N) is 1. The average molecular weight is 332 g/mol. The van der Waals surface area contributed by atoms with Crippen LogP contribution in [0.1, 0.15) is 35.8 Å². The number of aryl methyl sites for hydroxylation is 1. The molecule has 5 nitrogen and oxygen atoms in total. The van der Waals surface area contributed by atoms with Crippen molar-refractivity contribution in [3.05, 3.63) is 53.1 Å². The van der Waals surface area contributed by atoms with Crippen molar-refractivity contribution in [3.63, 3.8) is 0 Å². The van der Waals surface area contributed by atoms with Gasteiger partial charge in [-0.15, -0.1) is 11.3 Å². The van der Waals surface area contributed by atoms with E-state index in [-0.39, 0.29) is 6.04 Å². The lowest BCUT2D eigenvalue weighted by Crippen LogP contribution is -2.27. The Bertz CT molecular complexity index is 733. The van der Waals surface area contributed by atoms with Crippen LogP contribution in [0, 0.1) is 6.92 Å². The Kier molecular flexibility index (Phi) is 4.95. The highest BCUT2D eigenvalue weighted by Gasteiger charge is 2.15. The monoisotopic (exact) mass is 332 g/mol. The van der Waals surface area contributed by atoms with E-state index < -0.39 is 6.10 Å². The Morgan fingerprint density at radius 2 is 2.22 bits per heavy atom.